The van der Waals surface area contributed by atoms with Crippen molar-refractivity contribution < 1.29 is 0 Å². The van der Waals surface area contributed by atoms with Gasteiger partial charge in [-0.05, 0) is 62.7 Å². The largest absolute Gasteiger partial charge is 0.306 e. The number of likely N-dealkylation sites (N-methyl/N-ethyl adjacent to an activating group) is 1. The summed E-state index contributed by atoms with van der Waals surface area (Å²) in [6, 6.07) is 23.5. The summed E-state index contributed by atoms with van der Waals surface area (Å²) in [5.41, 5.74) is 3.67. The van der Waals surface area contributed by atoms with Crippen molar-refractivity contribution in [2.45, 2.75) is 25.3 Å². The van der Waals surface area contributed by atoms with Crippen LogP contribution in [0.3, 0.4) is 0 Å². The van der Waals surface area contributed by atoms with Crippen LogP contribution in [0.4, 0.5) is 0 Å². The summed E-state index contributed by atoms with van der Waals surface area (Å²) >= 11 is 0. The van der Waals surface area contributed by atoms with E-state index in [0.29, 0.717) is 12.0 Å². The molecular formula is C23H27N3. The molecule has 2 aromatic heterocycles. The Morgan fingerprint density at radius 3 is 1.81 bits per heavy atom. The Morgan fingerprint density at radius 2 is 1.27 bits per heavy atom. The van der Waals surface area contributed by atoms with Crippen molar-refractivity contribution in [3.63, 3.8) is 0 Å². The number of pyridine rings is 2. The van der Waals surface area contributed by atoms with E-state index in [1.165, 1.54) is 5.56 Å². The summed E-state index contributed by atoms with van der Waals surface area (Å²) < 4.78 is 0. The van der Waals surface area contributed by atoms with Crippen LogP contribution in [-0.4, -0.2) is 35.0 Å². The molecule has 2 heterocycles. The molecule has 0 aliphatic heterocycles. The zero-order valence-corrected chi connectivity index (χ0v) is 15.6. The molecule has 0 amide bonds. The van der Waals surface area contributed by atoms with Crippen LogP contribution >= 0.6 is 0 Å². The molecular weight excluding hydrogens is 318 g/mol. The SMILES string of the molecule is CN(C)C(Cc1ccccn1)C(Cc1ccccc1)Cc1ccccn1. The van der Waals surface area contributed by atoms with Gasteiger partial charge in [0.25, 0.3) is 0 Å². The van der Waals surface area contributed by atoms with Gasteiger partial charge < -0.3 is 4.90 Å². The van der Waals surface area contributed by atoms with E-state index in [2.05, 4.69) is 83.6 Å². The molecule has 2 unspecified atom stereocenters. The van der Waals surface area contributed by atoms with E-state index in [4.69, 9.17) is 0 Å². The summed E-state index contributed by atoms with van der Waals surface area (Å²) in [6.07, 6.45) is 6.71. The lowest BCUT2D eigenvalue weighted by atomic mass is 9.85. The van der Waals surface area contributed by atoms with Crippen LogP contribution in [0.15, 0.2) is 79.1 Å². The molecule has 0 aliphatic rings. The maximum Gasteiger partial charge on any atom is 0.0419 e. The van der Waals surface area contributed by atoms with Gasteiger partial charge in [0.2, 0.25) is 0 Å². The topological polar surface area (TPSA) is 29.0 Å². The quantitative estimate of drug-likeness (QED) is 0.617. The van der Waals surface area contributed by atoms with E-state index < -0.39 is 0 Å². The highest BCUT2D eigenvalue weighted by atomic mass is 15.1. The van der Waals surface area contributed by atoms with Crippen molar-refractivity contribution >= 4 is 0 Å². The molecule has 0 saturated carbocycles. The molecule has 26 heavy (non-hydrogen) atoms. The molecule has 0 N–H and O–H groups in total. The Labute approximate surface area is 156 Å². The fourth-order valence-electron chi connectivity index (χ4n) is 3.55. The van der Waals surface area contributed by atoms with Crippen LogP contribution < -0.4 is 0 Å². The van der Waals surface area contributed by atoms with Crippen LogP contribution in [0.25, 0.3) is 0 Å². The number of hydrogen-bond donors (Lipinski definition) is 0. The number of rotatable bonds is 8. The van der Waals surface area contributed by atoms with Gasteiger partial charge >= 0.3 is 0 Å². The highest BCUT2D eigenvalue weighted by Crippen LogP contribution is 2.22. The first kappa shape index (κ1) is 18.3. The summed E-state index contributed by atoms with van der Waals surface area (Å²) in [5.74, 6) is 0.462. The Morgan fingerprint density at radius 1 is 0.692 bits per heavy atom. The molecule has 0 spiro atoms. The minimum atomic E-state index is 0.395. The van der Waals surface area contributed by atoms with Gasteiger partial charge in [-0.2, -0.15) is 0 Å². The van der Waals surface area contributed by atoms with Crippen LogP contribution in [-0.2, 0) is 19.3 Å². The molecule has 2 atom stereocenters. The number of benzene rings is 1. The van der Waals surface area contributed by atoms with Crippen molar-refractivity contribution in [3.05, 3.63) is 96.1 Å². The van der Waals surface area contributed by atoms with Gasteiger partial charge in [0.1, 0.15) is 0 Å². The summed E-state index contributed by atoms with van der Waals surface area (Å²) in [6.45, 7) is 0. The smallest absolute Gasteiger partial charge is 0.0419 e. The van der Waals surface area contributed by atoms with Gasteiger partial charge in [0, 0.05) is 36.2 Å². The van der Waals surface area contributed by atoms with Crippen LogP contribution in [0.2, 0.25) is 0 Å². The van der Waals surface area contributed by atoms with Crippen molar-refractivity contribution in [3.8, 4) is 0 Å². The lowest BCUT2D eigenvalue weighted by molar-refractivity contribution is 0.202. The molecule has 0 bridgehead atoms. The summed E-state index contributed by atoms with van der Waals surface area (Å²) in [7, 11) is 4.34. The second-order valence-electron chi connectivity index (χ2n) is 7.03. The van der Waals surface area contributed by atoms with Gasteiger partial charge in [0.15, 0.2) is 0 Å². The maximum absolute atomic E-state index is 4.57. The average molecular weight is 345 g/mol. The molecule has 3 heteroatoms. The fraction of sp³-hybridized carbons (Fsp3) is 0.304. The highest BCUT2D eigenvalue weighted by Gasteiger charge is 2.25. The summed E-state index contributed by atoms with van der Waals surface area (Å²) in [4.78, 5) is 11.5. The maximum atomic E-state index is 4.57. The van der Waals surface area contributed by atoms with Crippen molar-refractivity contribution in [1.82, 2.24) is 14.9 Å². The Balaban J connectivity index is 1.85. The lowest BCUT2D eigenvalue weighted by Gasteiger charge is -2.32. The fourth-order valence-corrected chi connectivity index (χ4v) is 3.55. The molecule has 0 radical (unpaired) electrons. The van der Waals surface area contributed by atoms with Crippen LogP contribution in [0, 0.1) is 5.92 Å². The summed E-state index contributed by atoms with van der Waals surface area (Å²) in [5, 5.41) is 0. The van der Waals surface area contributed by atoms with E-state index in [-0.39, 0.29) is 0 Å². The Kier molecular flexibility index (Phi) is 6.50. The Bertz CT molecular complexity index is 716. The molecule has 0 fully saturated rings. The zero-order valence-electron chi connectivity index (χ0n) is 15.6. The third kappa shape index (κ3) is 5.24. The minimum absolute atomic E-state index is 0.395. The van der Waals surface area contributed by atoms with Crippen molar-refractivity contribution in [2.75, 3.05) is 14.1 Å². The van der Waals surface area contributed by atoms with Gasteiger partial charge in [-0.25, -0.2) is 0 Å². The molecule has 1 aromatic carbocycles. The third-order valence-corrected chi connectivity index (χ3v) is 4.89. The first-order valence-corrected chi connectivity index (χ1v) is 9.22. The Hall–Kier alpha value is -2.52. The van der Waals surface area contributed by atoms with Gasteiger partial charge in [0.05, 0.1) is 0 Å². The van der Waals surface area contributed by atoms with Gasteiger partial charge in [-0.15, -0.1) is 0 Å². The van der Waals surface area contributed by atoms with E-state index in [0.717, 1.165) is 30.7 Å². The monoisotopic (exact) mass is 345 g/mol. The molecule has 0 aliphatic carbocycles. The number of nitrogens with zero attached hydrogens (tertiary/aromatic N) is 3. The van der Waals surface area contributed by atoms with E-state index in [1.807, 2.05) is 24.5 Å². The molecule has 3 nitrogen and oxygen atoms in total. The van der Waals surface area contributed by atoms with Crippen LogP contribution in [0.5, 0.6) is 0 Å². The van der Waals surface area contributed by atoms with Crippen molar-refractivity contribution in [2.24, 2.45) is 5.92 Å². The molecule has 3 rings (SSSR count). The van der Waals surface area contributed by atoms with Crippen molar-refractivity contribution in [1.29, 1.82) is 0 Å². The lowest BCUT2D eigenvalue weighted by Crippen LogP contribution is -2.39. The van der Waals surface area contributed by atoms with E-state index in [9.17, 15) is 0 Å². The van der Waals surface area contributed by atoms with Gasteiger partial charge in [-0.1, -0.05) is 42.5 Å². The van der Waals surface area contributed by atoms with E-state index >= 15 is 0 Å². The highest BCUT2D eigenvalue weighted by molar-refractivity contribution is 5.17. The molecule has 3 aromatic rings. The standard InChI is InChI=1S/C23H27N3/c1-26(2)23(18-22-13-7-9-15-25-22)20(16-19-10-4-3-5-11-19)17-21-12-6-8-14-24-21/h3-15,20,23H,16-18H2,1-2H3. The second-order valence-corrected chi connectivity index (χ2v) is 7.03. The first-order valence-electron chi connectivity index (χ1n) is 9.22. The van der Waals surface area contributed by atoms with Gasteiger partial charge in [-0.3, -0.25) is 9.97 Å². The second kappa shape index (κ2) is 9.25. The van der Waals surface area contributed by atoms with E-state index in [1.54, 1.807) is 0 Å². The van der Waals surface area contributed by atoms with Crippen LogP contribution in [0.1, 0.15) is 17.0 Å². The zero-order chi connectivity index (χ0) is 18.2. The predicted molar refractivity (Wildman–Crippen MR) is 107 cm³/mol. The molecule has 0 saturated heterocycles. The molecule has 134 valence electrons. The minimum Gasteiger partial charge on any atom is -0.306 e. The first-order chi connectivity index (χ1) is 12.7. The normalized spacial score (nSPS) is 13.5. The number of hydrogen-bond acceptors (Lipinski definition) is 3. The predicted octanol–water partition coefficient (Wildman–Crippen LogP) is 4.05. The number of aromatic nitrogens is 2. The average Bonchev–Trinajstić information content (AvgIpc) is 2.68. The third-order valence-electron chi connectivity index (χ3n) is 4.89.